The van der Waals surface area contributed by atoms with Gasteiger partial charge in [-0.2, -0.15) is 0 Å². The first-order valence-electron chi connectivity index (χ1n) is 24.1. The average molecular weight is 848 g/mol. The summed E-state index contributed by atoms with van der Waals surface area (Å²) in [6.07, 6.45) is 38.4. The lowest BCUT2D eigenvalue weighted by Crippen LogP contribution is -2.28. The van der Waals surface area contributed by atoms with Crippen LogP contribution >= 0.6 is 0 Å². The quantitative estimate of drug-likeness (QED) is 0.0193. The molecule has 0 heterocycles. The van der Waals surface area contributed by atoms with Crippen molar-refractivity contribution in [3.63, 3.8) is 0 Å². The summed E-state index contributed by atoms with van der Waals surface area (Å²) in [7, 11) is 0. The van der Waals surface area contributed by atoms with Crippen molar-refractivity contribution < 1.29 is 42.8 Å². The van der Waals surface area contributed by atoms with Crippen molar-refractivity contribution in [2.75, 3.05) is 59.3 Å². The second-order valence-corrected chi connectivity index (χ2v) is 15.5. The van der Waals surface area contributed by atoms with Gasteiger partial charge in [0.15, 0.2) is 6.29 Å². The fourth-order valence-electron chi connectivity index (χ4n) is 6.10. The summed E-state index contributed by atoms with van der Waals surface area (Å²) < 4.78 is 33.9. The second-order valence-electron chi connectivity index (χ2n) is 15.5. The predicted molar refractivity (Wildman–Crippen MR) is 246 cm³/mol. The number of unbranched alkanes of at least 4 members (excludes halogenated alkanes) is 12. The number of nitrogens with zero attached hydrogens (tertiary/aromatic N) is 1. The lowest BCUT2D eigenvalue weighted by molar-refractivity contribution is -0.160. The third kappa shape index (κ3) is 40.5. The Morgan fingerprint density at radius 3 is 1.53 bits per heavy atom. The molecule has 0 bridgehead atoms. The molecule has 1 atom stereocenters. The van der Waals surface area contributed by atoms with E-state index in [1.54, 1.807) is 0 Å². The molecular formula is C50H89NO9. The summed E-state index contributed by atoms with van der Waals surface area (Å²) in [5, 5.41) is 0. The van der Waals surface area contributed by atoms with Gasteiger partial charge in [-0.25, -0.2) is 4.79 Å². The second kappa shape index (κ2) is 45.6. The van der Waals surface area contributed by atoms with Crippen LogP contribution in [-0.2, 0) is 38.0 Å². The molecule has 10 nitrogen and oxygen atoms in total. The van der Waals surface area contributed by atoms with Crippen molar-refractivity contribution in [2.45, 2.75) is 189 Å². The highest BCUT2D eigenvalue weighted by molar-refractivity contribution is 5.69. The summed E-state index contributed by atoms with van der Waals surface area (Å²) in [6, 6.07) is 0. The van der Waals surface area contributed by atoms with E-state index >= 15 is 0 Å². The number of allylic oxidation sites excluding steroid dienone is 6. The van der Waals surface area contributed by atoms with Crippen LogP contribution in [0.15, 0.2) is 48.6 Å². The van der Waals surface area contributed by atoms with Crippen molar-refractivity contribution >= 4 is 18.1 Å². The fraction of sp³-hybridized carbons (Fsp3) is 0.780. The first kappa shape index (κ1) is 57.1. The van der Waals surface area contributed by atoms with Crippen molar-refractivity contribution in [1.29, 1.82) is 0 Å². The Hall–Kier alpha value is -2.95. The Morgan fingerprint density at radius 2 is 0.950 bits per heavy atom. The lowest BCUT2D eigenvalue weighted by atomic mass is 10.1. The van der Waals surface area contributed by atoms with Crippen LogP contribution in [0.2, 0.25) is 0 Å². The number of esters is 2. The number of carbonyl (C=O) groups is 3. The van der Waals surface area contributed by atoms with Gasteiger partial charge in [0.2, 0.25) is 0 Å². The minimum absolute atomic E-state index is 0.0337. The molecule has 0 aromatic heterocycles. The number of hydrogen-bond donors (Lipinski definition) is 0. The molecule has 0 aliphatic carbocycles. The maximum atomic E-state index is 12.9. The summed E-state index contributed by atoms with van der Waals surface area (Å²) in [6.45, 7) is 14.5. The van der Waals surface area contributed by atoms with Crippen LogP contribution in [0, 0.1) is 5.92 Å². The van der Waals surface area contributed by atoms with Gasteiger partial charge >= 0.3 is 18.1 Å². The number of rotatable bonds is 43. The van der Waals surface area contributed by atoms with Crippen molar-refractivity contribution in [1.82, 2.24) is 4.90 Å². The highest BCUT2D eigenvalue weighted by atomic mass is 16.7. The normalized spacial score (nSPS) is 12.5. The molecule has 0 rings (SSSR count). The Bertz CT molecular complexity index is 1080. The predicted octanol–water partition coefficient (Wildman–Crippen LogP) is 12.8. The smallest absolute Gasteiger partial charge is 0.465 e. The van der Waals surface area contributed by atoms with Crippen LogP contribution < -0.4 is 0 Å². The molecule has 0 aliphatic rings. The third-order valence-electron chi connectivity index (χ3n) is 10.0. The Morgan fingerprint density at radius 1 is 0.467 bits per heavy atom. The number of carbonyl (C=O) groups excluding carboxylic acids is 3. The van der Waals surface area contributed by atoms with Crippen LogP contribution in [0.25, 0.3) is 0 Å². The molecule has 0 aliphatic heterocycles. The maximum absolute atomic E-state index is 12.9. The molecule has 0 fully saturated rings. The van der Waals surface area contributed by atoms with E-state index in [-0.39, 0.29) is 38.8 Å². The molecule has 348 valence electrons. The number of ether oxygens (including phenoxy) is 6. The molecule has 0 radical (unpaired) electrons. The van der Waals surface area contributed by atoms with Gasteiger partial charge in [0, 0.05) is 19.4 Å². The van der Waals surface area contributed by atoms with E-state index < -0.39 is 24.3 Å². The Labute approximate surface area is 367 Å². The van der Waals surface area contributed by atoms with Crippen molar-refractivity contribution in [3.8, 4) is 0 Å². The van der Waals surface area contributed by atoms with Crippen LogP contribution in [0.4, 0.5) is 4.79 Å². The molecule has 10 heteroatoms. The highest BCUT2D eigenvalue weighted by Crippen LogP contribution is 2.12. The SMILES string of the molecule is CCCC/C=C\CCOC(CCC(=O)OCC(COC(=O)CCCCCCC/C=C\C/C=C\CCCCC)COC(=O)OCCCN(CC)CC)OCC/C=C\CCCC. The summed E-state index contributed by atoms with van der Waals surface area (Å²) in [5.41, 5.74) is 0. The first-order chi connectivity index (χ1) is 29.4. The zero-order valence-corrected chi connectivity index (χ0v) is 39.0. The lowest BCUT2D eigenvalue weighted by Gasteiger charge is -2.19. The molecule has 60 heavy (non-hydrogen) atoms. The van der Waals surface area contributed by atoms with Crippen LogP contribution in [0.3, 0.4) is 0 Å². The molecule has 0 aromatic rings. The van der Waals surface area contributed by atoms with Crippen LogP contribution in [0.5, 0.6) is 0 Å². The van der Waals surface area contributed by atoms with Gasteiger partial charge in [0.25, 0.3) is 0 Å². The topological polar surface area (TPSA) is 110 Å². The van der Waals surface area contributed by atoms with E-state index in [0.717, 1.165) is 90.3 Å². The van der Waals surface area contributed by atoms with Gasteiger partial charge in [-0.1, -0.05) is 141 Å². The molecule has 0 spiro atoms. The molecule has 0 saturated carbocycles. The monoisotopic (exact) mass is 848 g/mol. The largest absolute Gasteiger partial charge is 0.508 e. The first-order valence-corrected chi connectivity index (χ1v) is 24.1. The van der Waals surface area contributed by atoms with E-state index in [4.69, 9.17) is 28.4 Å². The van der Waals surface area contributed by atoms with E-state index in [1.165, 1.54) is 51.4 Å². The minimum Gasteiger partial charge on any atom is -0.465 e. The zero-order valence-electron chi connectivity index (χ0n) is 39.0. The van der Waals surface area contributed by atoms with Crippen molar-refractivity contribution in [3.05, 3.63) is 48.6 Å². The molecule has 0 saturated heterocycles. The Kier molecular flexibility index (Phi) is 43.3. The summed E-state index contributed by atoms with van der Waals surface area (Å²) in [4.78, 5) is 40.2. The molecule has 0 aromatic carbocycles. The van der Waals surface area contributed by atoms with Gasteiger partial charge in [-0.3, -0.25) is 9.59 Å². The van der Waals surface area contributed by atoms with E-state index in [2.05, 4.69) is 88.1 Å². The summed E-state index contributed by atoms with van der Waals surface area (Å²) >= 11 is 0. The third-order valence-corrected chi connectivity index (χ3v) is 10.0. The average Bonchev–Trinajstić information content (AvgIpc) is 3.25. The van der Waals surface area contributed by atoms with Gasteiger partial charge in [-0.15, -0.1) is 0 Å². The molecule has 0 N–H and O–H groups in total. The molecule has 0 amide bonds. The van der Waals surface area contributed by atoms with E-state index in [0.29, 0.717) is 32.5 Å². The van der Waals surface area contributed by atoms with Gasteiger partial charge < -0.3 is 33.3 Å². The van der Waals surface area contributed by atoms with E-state index in [9.17, 15) is 14.4 Å². The minimum atomic E-state index is -0.792. The zero-order chi connectivity index (χ0) is 44.0. The highest BCUT2D eigenvalue weighted by Gasteiger charge is 2.20. The van der Waals surface area contributed by atoms with Gasteiger partial charge in [-0.05, 0) is 83.7 Å². The van der Waals surface area contributed by atoms with Crippen LogP contribution in [0.1, 0.15) is 182 Å². The van der Waals surface area contributed by atoms with E-state index in [1.807, 2.05) is 0 Å². The van der Waals surface area contributed by atoms with Crippen LogP contribution in [-0.4, -0.2) is 88.6 Å². The fourth-order valence-corrected chi connectivity index (χ4v) is 6.10. The standard InChI is InChI=1S/C50H89NO9/c1-6-11-14-17-20-21-22-23-24-25-26-27-28-29-32-36-47(52)58-43-46(45-60-50(54)57-42-35-39-51(9-4)10-5)44-59-48(53)37-38-49(55-40-33-30-18-15-12-7-2)56-41-34-31-19-16-13-8-3/h18-21,23-24,30-31,46,49H,6-17,22,25-29,32-45H2,1-5H3/b21-20-,24-23-,30-18-,31-19-. The van der Waals surface area contributed by atoms with Gasteiger partial charge in [0.05, 0.1) is 32.2 Å². The Balaban J connectivity index is 4.89. The maximum Gasteiger partial charge on any atom is 0.508 e. The molecule has 1 unspecified atom stereocenters. The van der Waals surface area contributed by atoms with Gasteiger partial charge in [0.1, 0.15) is 19.8 Å². The number of hydrogen-bond acceptors (Lipinski definition) is 10. The molecular weight excluding hydrogens is 759 g/mol. The summed E-state index contributed by atoms with van der Waals surface area (Å²) in [5.74, 6) is -1.27. The van der Waals surface area contributed by atoms with Crippen molar-refractivity contribution in [2.24, 2.45) is 5.92 Å².